The third kappa shape index (κ3) is 2.94. The van der Waals surface area contributed by atoms with Gasteiger partial charge >= 0.3 is 6.18 Å². The first-order valence-electron chi connectivity index (χ1n) is 4.57. The Bertz CT molecular complexity index is 411. The van der Waals surface area contributed by atoms with E-state index in [1.165, 1.54) is 6.07 Å². The summed E-state index contributed by atoms with van der Waals surface area (Å²) in [7, 11) is 0. The summed E-state index contributed by atoms with van der Waals surface area (Å²) in [5.74, 6) is 0. The third-order valence-electron chi connectivity index (χ3n) is 2.25. The van der Waals surface area contributed by atoms with Gasteiger partial charge in [0.15, 0.2) is 5.60 Å². The summed E-state index contributed by atoms with van der Waals surface area (Å²) < 4.78 is 38.6. The van der Waals surface area contributed by atoms with Crippen molar-refractivity contribution in [1.82, 2.24) is 0 Å². The molecule has 1 nitrogen and oxygen atoms in total. The predicted octanol–water partition coefficient (Wildman–Crippen LogP) is 4.32. The zero-order valence-electron chi connectivity index (χ0n) is 8.56. The number of alkyl halides is 3. The van der Waals surface area contributed by atoms with E-state index < -0.39 is 23.8 Å². The fraction of sp³-hybridized carbons (Fsp3) is 0.273. The lowest BCUT2D eigenvalue weighted by Gasteiger charge is -2.30. The predicted molar refractivity (Wildman–Crippen MR) is 61.2 cm³/mol. The maximum Gasteiger partial charge on any atom is 0.421 e. The molecule has 1 aromatic rings. The van der Waals surface area contributed by atoms with Gasteiger partial charge in [0.1, 0.15) is 0 Å². The summed E-state index contributed by atoms with van der Waals surface area (Å²) in [6.07, 6.45) is -4.52. The molecule has 1 rings (SSSR count). The second-order valence-corrected chi connectivity index (χ2v) is 4.38. The summed E-state index contributed by atoms with van der Waals surface area (Å²) in [5, 5.41) is 9.81. The molecule has 0 aromatic heterocycles. The smallest absolute Gasteiger partial charge is 0.376 e. The Hall–Kier alpha value is -0.710. The molecule has 0 aliphatic heterocycles. The lowest BCUT2D eigenvalue weighted by atomic mass is 9.90. The Balaban J connectivity index is 3.37. The van der Waals surface area contributed by atoms with Crippen LogP contribution in [0.15, 0.2) is 30.9 Å². The summed E-state index contributed by atoms with van der Waals surface area (Å²) in [4.78, 5) is 0. The van der Waals surface area contributed by atoms with Gasteiger partial charge in [-0.05, 0) is 23.8 Å². The van der Waals surface area contributed by atoms with Gasteiger partial charge in [0.25, 0.3) is 0 Å². The van der Waals surface area contributed by atoms with Crippen LogP contribution in [0.4, 0.5) is 13.2 Å². The lowest BCUT2D eigenvalue weighted by Crippen LogP contribution is -2.41. The number of halogens is 5. The van der Waals surface area contributed by atoms with Crippen molar-refractivity contribution in [1.29, 1.82) is 0 Å². The van der Waals surface area contributed by atoms with Crippen molar-refractivity contribution in [2.45, 2.75) is 18.2 Å². The van der Waals surface area contributed by atoms with Crippen molar-refractivity contribution in [2.24, 2.45) is 0 Å². The molecule has 6 heteroatoms. The maximum atomic E-state index is 12.9. The molecule has 94 valence electrons. The Morgan fingerprint density at radius 2 is 1.65 bits per heavy atom. The topological polar surface area (TPSA) is 20.2 Å². The van der Waals surface area contributed by atoms with Gasteiger partial charge < -0.3 is 5.11 Å². The molecule has 0 bridgehead atoms. The van der Waals surface area contributed by atoms with Crippen molar-refractivity contribution in [3.63, 3.8) is 0 Å². The van der Waals surface area contributed by atoms with E-state index in [2.05, 4.69) is 6.58 Å². The van der Waals surface area contributed by atoms with E-state index in [0.717, 1.165) is 18.2 Å². The highest BCUT2D eigenvalue weighted by Crippen LogP contribution is 2.43. The van der Waals surface area contributed by atoms with E-state index >= 15 is 0 Å². The van der Waals surface area contributed by atoms with E-state index in [1.807, 2.05) is 0 Å². The molecule has 0 saturated carbocycles. The van der Waals surface area contributed by atoms with Gasteiger partial charge in [-0.3, -0.25) is 0 Å². The molecule has 0 fully saturated rings. The second kappa shape index (κ2) is 4.88. The highest BCUT2D eigenvalue weighted by molar-refractivity contribution is 6.34. The Labute approximate surface area is 106 Å². The van der Waals surface area contributed by atoms with E-state index in [-0.39, 0.29) is 10.0 Å². The minimum atomic E-state index is -4.84. The van der Waals surface area contributed by atoms with Gasteiger partial charge in [0.2, 0.25) is 0 Å². The Morgan fingerprint density at radius 3 is 2.00 bits per heavy atom. The average molecular weight is 285 g/mol. The van der Waals surface area contributed by atoms with Crippen LogP contribution in [-0.2, 0) is 5.60 Å². The van der Waals surface area contributed by atoms with Crippen LogP contribution < -0.4 is 0 Å². The molecule has 0 saturated heterocycles. The maximum absolute atomic E-state index is 12.9. The summed E-state index contributed by atoms with van der Waals surface area (Å²) >= 11 is 11.2. The zero-order chi connectivity index (χ0) is 13.3. The van der Waals surface area contributed by atoms with Gasteiger partial charge in [-0.15, -0.1) is 6.58 Å². The SMILES string of the molecule is C=CCC(O)(c1cc(Cl)cc(Cl)c1)C(F)(F)F. The number of hydrogen-bond donors (Lipinski definition) is 1. The van der Waals surface area contributed by atoms with Crippen LogP contribution in [-0.4, -0.2) is 11.3 Å². The number of benzene rings is 1. The average Bonchev–Trinajstić information content (AvgIpc) is 2.14. The zero-order valence-corrected chi connectivity index (χ0v) is 10.1. The largest absolute Gasteiger partial charge is 0.421 e. The van der Waals surface area contributed by atoms with Crippen molar-refractivity contribution in [2.75, 3.05) is 0 Å². The van der Waals surface area contributed by atoms with Crippen LogP contribution in [0.5, 0.6) is 0 Å². The molecule has 17 heavy (non-hydrogen) atoms. The minimum absolute atomic E-state index is 0.0271. The molecular formula is C11H9Cl2F3O. The molecule has 0 aliphatic rings. The van der Waals surface area contributed by atoms with Crippen molar-refractivity contribution < 1.29 is 18.3 Å². The first-order valence-corrected chi connectivity index (χ1v) is 5.33. The van der Waals surface area contributed by atoms with Gasteiger partial charge in [-0.25, -0.2) is 0 Å². The molecule has 0 radical (unpaired) electrons. The van der Waals surface area contributed by atoms with Gasteiger partial charge in [-0.2, -0.15) is 13.2 Å². The quantitative estimate of drug-likeness (QED) is 0.820. The molecule has 0 spiro atoms. The highest BCUT2D eigenvalue weighted by atomic mass is 35.5. The van der Waals surface area contributed by atoms with E-state index in [9.17, 15) is 18.3 Å². The number of rotatable bonds is 3. The van der Waals surface area contributed by atoms with Crippen molar-refractivity contribution in [3.8, 4) is 0 Å². The monoisotopic (exact) mass is 284 g/mol. The molecule has 0 heterocycles. The summed E-state index contributed by atoms with van der Waals surface area (Å²) in [5.41, 5.74) is -3.43. The molecule has 1 atom stereocenters. The minimum Gasteiger partial charge on any atom is -0.376 e. The summed E-state index contributed by atoms with van der Waals surface area (Å²) in [6, 6.07) is 3.35. The van der Waals surface area contributed by atoms with Crippen LogP contribution in [0.1, 0.15) is 12.0 Å². The molecule has 1 aromatic carbocycles. The molecule has 1 N–H and O–H groups in total. The van der Waals surface area contributed by atoms with Crippen LogP contribution in [0.25, 0.3) is 0 Å². The summed E-state index contributed by atoms with van der Waals surface area (Å²) in [6.45, 7) is 3.20. The molecule has 0 aliphatic carbocycles. The standard InChI is InChI=1S/C11H9Cl2F3O/c1-2-3-10(17,11(14,15)16)7-4-8(12)6-9(13)5-7/h2,4-6,17H,1,3H2. The van der Waals surface area contributed by atoms with Crippen LogP contribution in [0.3, 0.4) is 0 Å². The van der Waals surface area contributed by atoms with E-state index in [1.54, 1.807) is 0 Å². The van der Waals surface area contributed by atoms with Gasteiger partial charge in [-0.1, -0.05) is 29.3 Å². The first-order chi connectivity index (χ1) is 7.70. The van der Waals surface area contributed by atoms with Crippen molar-refractivity contribution in [3.05, 3.63) is 46.5 Å². The van der Waals surface area contributed by atoms with E-state index in [4.69, 9.17) is 23.2 Å². The fourth-order valence-electron chi connectivity index (χ4n) is 1.40. The van der Waals surface area contributed by atoms with Gasteiger partial charge in [0.05, 0.1) is 0 Å². The number of hydrogen-bond acceptors (Lipinski definition) is 1. The van der Waals surface area contributed by atoms with Crippen LogP contribution in [0.2, 0.25) is 10.0 Å². The molecule has 0 amide bonds. The Morgan fingerprint density at radius 1 is 1.18 bits per heavy atom. The van der Waals surface area contributed by atoms with Crippen molar-refractivity contribution >= 4 is 23.2 Å². The number of aliphatic hydroxyl groups is 1. The highest BCUT2D eigenvalue weighted by Gasteiger charge is 2.54. The fourth-order valence-corrected chi connectivity index (χ4v) is 1.92. The van der Waals surface area contributed by atoms with E-state index in [0.29, 0.717) is 0 Å². The van der Waals surface area contributed by atoms with Gasteiger partial charge in [0, 0.05) is 16.5 Å². The molecular weight excluding hydrogens is 276 g/mol. The van der Waals surface area contributed by atoms with Crippen LogP contribution >= 0.6 is 23.2 Å². The second-order valence-electron chi connectivity index (χ2n) is 3.51. The molecule has 1 unspecified atom stereocenters. The third-order valence-corrected chi connectivity index (χ3v) is 2.69. The normalized spacial score (nSPS) is 15.4. The first kappa shape index (κ1) is 14.4. The van der Waals surface area contributed by atoms with Crippen LogP contribution in [0, 0.1) is 0 Å². The Kier molecular flexibility index (Phi) is 4.12. The lowest BCUT2D eigenvalue weighted by molar-refractivity contribution is -0.265.